The Morgan fingerprint density at radius 3 is 2.35 bits per heavy atom. The largest absolute Gasteiger partial charge is 0.489 e. The van der Waals surface area contributed by atoms with Crippen molar-refractivity contribution in [2.24, 2.45) is 0 Å². The molecule has 0 aliphatic carbocycles. The van der Waals surface area contributed by atoms with Gasteiger partial charge in [-0.2, -0.15) is 0 Å². The molecule has 2 aromatic rings. The normalized spacial score (nSPS) is 13.0. The molecule has 2 aromatic carbocycles. The zero-order valence-corrected chi connectivity index (χ0v) is 15.3. The molecule has 0 heterocycles. The van der Waals surface area contributed by atoms with Crippen molar-refractivity contribution in [3.63, 3.8) is 0 Å². The predicted molar refractivity (Wildman–Crippen MR) is 101 cm³/mol. The third-order valence-corrected chi connectivity index (χ3v) is 4.37. The van der Waals surface area contributed by atoms with Gasteiger partial charge in [0.25, 0.3) is 0 Å². The van der Waals surface area contributed by atoms with Crippen LogP contribution < -0.4 is 4.74 Å². The summed E-state index contributed by atoms with van der Waals surface area (Å²) in [4.78, 5) is 12.8. The van der Waals surface area contributed by atoms with Crippen molar-refractivity contribution in [1.82, 2.24) is 4.90 Å². The molecule has 0 aromatic heterocycles. The van der Waals surface area contributed by atoms with Gasteiger partial charge in [0.1, 0.15) is 12.4 Å². The molecule has 2 N–H and O–H groups in total. The molecule has 0 spiro atoms. The molecular weight excluding hydrogens is 330 g/mol. The van der Waals surface area contributed by atoms with Crippen LogP contribution in [-0.4, -0.2) is 33.8 Å². The van der Waals surface area contributed by atoms with Crippen LogP contribution in [0.3, 0.4) is 0 Å². The third kappa shape index (κ3) is 5.77. The molecule has 1 amide bonds. The van der Waals surface area contributed by atoms with Crippen LogP contribution in [-0.2, 0) is 6.61 Å². The molecule has 0 aliphatic rings. The van der Waals surface area contributed by atoms with Crippen molar-refractivity contribution in [2.45, 2.75) is 45.4 Å². The fourth-order valence-electron chi connectivity index (χ4n) is 2.84. The van der Waals surface area contributed by atoms with Gasteiger partial charge in [-0.1, -0.05) is 55.8 Å². The Hall–Kier alpha value is -2.53. The summed E-state index contributed by atoms with van der Waals surface area (Å²) in [6.45, 7) is 4.41. The number of hydrogen-bond acceptors (Lipinski definition) is 3. The molecule has 0 saturated heterocycles. The van der Waals surface area contributed by atoms with E-state index in [0.717, 1.165) is 18.4 Å². The number of carbonyl (C=O) groups is 1. The number of rotatable bonds is 9. The number of amides is 1. The fraction of sp³-hybridized carbons (Fsp3) is 0.381. The fourth-order valence-corrected chi connectivity index (χ4v) is 2.84. The van der Waals surface area contributed by atoms with E-state index in [0.29, 0.717) is 17.9 Å². The molecule has 2 atom stereocenters. The smallest absolute Gasteiger partial charge is 0.407 e. The van der Waals surface area contributed by atoms with E-state index in [4.69, 9.17) is 4.74 Å². The van der Waals surface area contributed by atoms with Gasteiger partial charge in [-0.3, -0.25) is 0 Å². The van der Waals surface area contributed by atoms with Crippen LogP contribution in [0.25, 0.3) is 0 Å². The van der Waals surface area contributed by atoms with Gasteiger partial charge in [0.15, 0.2) is 0 Å². The van der Waals surface area contributed by atoms with Gasteiger partial charge >= 0.3 is 6.09 Å². The molecule has 2 unspecified atom stereocenters. The predicted octanol–water partition coefficient (Wildman–Crippen LogP) is 4.47. The second-order valence-electron chi connectivity index (χ2n) is 6.43. The highest BCUT2D eigenvalue weighted by atomic mass is 16.5. The van der Waals surface area contributed by atoms with E-state index >= 15 is 0 Å². The molecule has 5 nitrogen and oxygen atoms in total. The first-order valence-corrected chi connectivity index (χ1v) is 8.95. The van der Waals surface area contributed by atoms with Crippen LogP contribution in [0, 0.1) is 0 Å². The van der Waals surface area contributed by atoms with Crippen LogP contribution in [0.15, 0.2) is 54.6 Å². The number of hydrogen-bond donors (Lipinski definition) is 2. The lowest BCUT2D eigenvalue weighted by molar-refractivity contribution is 0.0778. The summed E-state index contributed by atoms with van der Waals surface area (Å²) in [6, 6.07) is 16.9. The summed E-state index contributed by atoms with van der Waals surface area (Å²) in [6.07, 6.45) is -0.207. The molecule has 0 radical (unpaired) electrons. The highest BCUT2D eigenvalue weighted by Crippen LogP contribution is 2.21. The lowest BCUT2D eigenvalue weighted by Crippen LogP contribution is -2.40. The van der Waals surface area contributed by atoms with Crippen molar-refractivity contribution in [3.05, 3.63) is 65.7 Å². The monoisotopic (exact) mass is 357 g/mol. The summed E-state index contributed by atoms with van der Waals surface area (Å²) >= 11 is 0. The number of aliphatic hydroxyl groups excluding tert-OH is 1. The average molecular weight is 357 g/mol. The molecule has 0 fully saturated rings. The SMILES string of the molecule is CCCC(C)N(CC(O)c1ccc(OCc2ccccc2)cc1)C(=O)O. The van der Waals surface area contributed by atoms with E-state index in [1.807, 2.05) is 44.2 Å². The average Bonchev–Trinajstić information content (AvgIpc) is 2.65. The zero-order chi connectivity index (χ0) is 18.9. The maximum Gasteiger partial charge on any atom is 0.407 e. The second-order valence-corrected chi connectivity index (χ2v) is 6.43. The van der Waals surface area contributed by atoms with Crippen molar-refractivity contribution in [2.75, 3.05) is 6.54 Å². The molecule has 2 rings (SSSR count). The van der Waals surface area contributed by atoms with E-state index < -0.39 is 12.2 Å². The summed E-state index contributed by atoms with van der Waals surface area (Å²) in [5.74, 6) is 0.708. The van der Waals surface area contributed by atoms with E-state index in [1.165, 1.54) is 4.90 Å². The van der Waals surface area contributed by atoms with E-state index in [2.05, 4.69) is 0 Å². The molecule has 140 valence electrons. The maximum atomic E-state index is 11.5. The van der Waals surface area contributed by atoms with E-state index in [-0.39, 0.29) is 12.6 Å². The molecular formula is C21H27NO4. The topological polar surface area (TPSA) is 70.0 Å². The Balaban J connectivity index is 1.94. The number of benzene rings is 2. The first-order chi connectivity index (χ1) is 12.5. The first kappa shape index (κ1) is 19.8. The number of aliphatic hydroxyl groups is 1. The standard InChI is InChI=1S/C21H27NO4/c1-3-7-16(2)22(21(24)25)14-20(23)18-10-12-19(13-11-18)26-15-17-8-5-4-6-9-17/h4-6,8-13,16,20,23H,3,7,14-15H2,1-2H3,(H,24,25). The Morgan fingerprint density at radius 2 is 1.77 bits per heavy atom. The highest BCUT2D eigenvalue weighted by molar-refractivity contribution is 5.65. The van der Waals surface area contributed by atoms with Crippen LogP contribution in [0.1, 0.15) is 43.9 Å². The van der Waals surface area contributed by atoms with Gasteiger partial charge in [-0.25, -0.2) is 4.79 Å². The van der Waals surface area contributed by atoms with E-state index in [9.17, 15) is 15.0 Å². The van der Waals surface area contributed by atoms with E-state index in [1.54, 1.807) is 24.3 Å². The third-order valence-electron chi connectivity index (χ3n) is 4.37. The van der Waals surface area contributed by atoms with Gasteiger partial charge < -0.3 is 19.8 Å². The minimum absolute atomic E-state index is 0.0563. The Kier molecular flexibility index (Phi) is 7.48. The van der Waals surface area contributed by atoms with Gasteiger partial charge in [0, 0.05) is 6.04 Å². The zero-order valence-electron chi connectivity index (χ0n) is 15.3. The number of carboxylic acid groups (broad SMARTS) is 1. The van der Waals surface area contributed by atoms with Crippen LogP contribution in [0.5, 0.6) is 5.75 Å². The number of ether oxygens (including phenoxy) is 1. The molecule has 5 heteroatoms. The minimum atomic E-state index is -1.01. The second kappa shape index (κ2) is 9.82. The van der Waals surface area contributed by atoms with Crippen molar-refractivity contribution < 1.29 is 19.7 Å². The molecule has 0 saturated carbocycles. The minimum Gasteiger partial charge on any atom is -0.489 e. The van der Waals surface area contributed by atoms with Gasteiger partial charge in [0.2, 0.25) is 0 Å². The Labute approximate surface area is 154 Å². The Morgan fingerprint density at radius 1 is 1.12 bits per heavy atom. The number of nitrogens with zero attached hydrogens (tertiary/aromatic N) is 1. The summed E-state index contributed by atoms with van der Waals surface area (Å²) in [7, 11) is 0. The summed E-state index contributed by atoms with van der Waals surface area (Å²) in [5, 5.41) is 19.8. The summed E-state index contributed by atoms with van der Waals surface area (Å²) in [5.41, 5.74) is 1.76. The molecule has 26 heavy (non-hydrogen) atoms. The van der Waals surface area contributed by atoms with Crippen LogP contribution in [0.2, 0.25) is 0 Å². The Bertz CT molecular complexity index is 672. The van der Waals surface area contributed by atoms with Crippen LogP contribution >= 0.6 is 0 Å². The lowest BCUT2D eigenvalue weighted by Gasteiger charge is -2.28. The molecule has 0 aliphatic heterocycles. The first-order valence-electron chi connectivity index (χ1n) is 8.95. The van der Waals surface area contributed by atoms with Crippen molar-refractivity contribution >= 4 is 6.09 Å². The van der Waals surface area contributed by atoms with Gasteiger partial charge in [-0.05, 0) is 36.6 Å². The maximum absolute atomic E-state index is 11.5. The summed E-state index contributed by atoms with van der Waals surface area (Å²) < 4.78 is 5.73. The van der Waals surface area contributed by atoms with Crippen LogP contribution in [0.4, 0.5) is 4.79 Å². The van der Waals surface area contributed by atoms with Crippen molar-refractivity contribution in [1.29, 1.82) is 0 Å². The van der Waals surface area contributed by atoms with Gasteiger partial charge in [0.05, 0.1) is 12.6 Å². The quantitative estimate of drug-likeness (QED) is 0.695. The highest BCUT2D eigenvalue weighted by Gasteiger charge is 2.22. The van der Waals surface area contributed by atoms with Crippen molar-refractivity contribution in [3.8, 4) is 5.75 Å². The lowest BCUT2D eigenvalue weighted by atomic mass is 10.1. The van der Waals surface area contributed by atoms with Gasteiger partial charge in [-0.15, -0.1) is 0 Å². The molecule has 0 bridgehead atoms.